The molecule has 12 rings (SSSR count). The van der Waals surface area contributed by atoms with Gasteiger partial charge in [-0.05, 0) is 132 Å². The van der Waals surface area contributed by atoms with E-state index in [4.69, 9.17) is 46.8 Å². The number of rotatable bonds is 25. The number of benzene rings is 5. The Bertz CT molecular complexity index is 4740. The number of primary amides is 1. The van der Waals surface area contributed by atoms with Crippen LogP contribution in [0.25, 0.3) is 32.3 Å². The van der Waals surface area contributed by atoms with Crippen LogP contribution in [0.1, 0.15) is 101 Å². The molecule has 0 bridgehead atoms. The largest absolute Gasteiger partial charge is 0.444 e. The van der Waals surface area contributed by atoms with Crippen molar-refractivity contribution in [3.05, 3.63) is 305 Å². The van der Waals surface area contributed by atoms with Crippen LogP contribution in [0.3, 0.4) is 0 Å². The van der Waals surface area contributed by atoms with E-state index >= 15 is 0 Å². The average Bonchev–Trinajstić information content (AvgIpc) is 1.68. The molecule has 28 nitrogen and oxygen atoms in total. The van der Waals surface area contributed by atoms with Crippen LogP contribution in [0.2, 0.25) is 5.02 Å². The molecule has 0 aliphatic carbocycles. The van der Waals surface area contributed by atoms with E-state index < -0.39 is 43.5 Å². The third-order valence-electron chi connectivity index (χ3n) is 14.8. The van der Waals surface area contributed by atoms with E-state index in [2.05, 4.69) is 41.5 Å². The normalized spacial score (nSPS) is 11.6. The lowest BCUT2D eigenvalue weighted by atomic mass is 10.0. The molecule has 12 aromatic rings. The number of oxazole rings is 3. The van der Waals surface area contributed by atoms with Gasteiger partial charge in [-0.15, -0.1) is 79.3 Å². The van der Waals surface area contributed by atoms with Crippen LogP contribution < -0.4 is 27.8 Å². The lowest BCUT2D eigenvalue weighted by Gasteiger charge is -2.23. The van der Waals surface area contributed by atoms with Gasteiger partial charge in [-0.25, -0.2) is 19.7 Å². The number of nitrogens with two attached hydrogens (primary N) is 3. The monoisotopic (exact) mass is 1790 g/mol. The number of nitro groups is 4. The van der Waals surface area contributed by atoms with E-state index in [9.17, 15) is 59.6 Å². The molecule has 4 atom stereocenters. The Morgan fingerprint density at radius 3 is 1.23 bits per heavy atom. The number of nitrogens with one attached hydrogen (secondary N) is 2. The Labute approximate surface area is 680 Å². The average molecular weight is 1790 g/mol. The molecule has 5 aromatic carbocycles. The number of hydrogen-bond donors (Lipinski definition) is 5. The fourth-order valence-electron chi connectivity index (χ4n) is 9.62. The van der Waals surface area contributed by atoms with E-state index in [-0.39, 0.29) is 112 Å². The maximum absolute atomic E-state index is 12.8. The van der Waals surface area contributed by atoms with E-state index in [0.29, 0.717) is 69.5 Å². The Morgan fingerprint density at radius 2 is 0.891 bits per heavy atom. The Morgan fingerprint density at radius 1 is 0.518 bits per heavy atom. The molecule has 7 heterocycles. The number of aromatic nitrogens is 3. The molecule has 0 aliphatic rings. The number of ether oxygens (including phenoxy) is 1. The van der Waals surface area contributed by atoms with E-state index in [1.54, 1.807) is 135 Å². The molecule has 0 saturated heterocycles. The van der Waals surface area contributed by atoms with Gasteiger partial charge in [0.25, 0.3) is 28.7 Å². The maximum Gasteiger partial charge on any atom is 0.408 e. The van der Waals surface area contributed by atoms with Gasteiger partial charge in [-0.1, -0.05) is 120 Å². The molecule has 0 saturated carbocycles. The van der Waals surface area contributed by atoms with Gasteiger partial charge in [0.1, 0.15) is 30.1 Å². The molecule has 0 unspecified atom stereocenters. The predicted molar refractivity (Wildman–Crippen MR) is 439 cm³/mol. The second-order valence-electron chi connectivity index (χ2n) is 24.0. The summed E-state index contributed by atoms with van der Waals surface area (Å²) in [5.41, 5.74) is 22.7. The van der Waals surface area contributed by atoms with Crippen molar-refractivity contribution in [1.82, 2.24) is 25.6 Å². The quantitative estimate of drug-likeness (QED) is 0.0201. The molecular formula is C74H74Br3ClN12O16S4. The second-order valence-corrected chi connectivity index (χ2v) is 28.7. The van der Waals surface area contributed by atoms with Gasteiger partial charge in [0, 0.05) is 53.6 Å². The van der Waals surface area contributed by atoms with E-state index in [1.807, 2.05) is 64.0 Å². The highest BCUT2D eigenvalue weighted by Crippen LogP contribution is 2.31. The molecule has 3 amide bonds. The maximum atomic E-state index is 12.8. The van der Waals surface area contributed by atoms with Crippen LogP contribution in [0.5, 0.6) is 0 Å². The van der Waals surface area contributed by atoms with Crippen LogP contribution in [-0.4, -0.2) is 75.3 Å². The third kappa shape index (κ3) is 28.9. The molecule has 7 aromatic heterocycles. The molecule has 0 radical (unpaired) electrons. The summed E-state index contributed by atoms with van der Waals surface area (Å²) in [4.78, 5) is 105. The van der Waals surface area contributed by atoms with Crippen LogP contribution in [-0.2, 0) is 46.4 Å². The number of Topliss-reactive ketones (excluding diaryl/α,β-unsaturated/α-hetero) is 1. The number of alkyl halides is 1. The van der Waals surface area contributed by atoms with E-state index in [1.165, 1.54) is 77.5 Å². The minimum absolute atomic E-state index is 0. The highest BCUT2D eigenvalue weighted by atomic mass is 79.9. The standard InChI is InChI=1S/C23H18ClN3O4S.C15H19BrN2O5.2C15H13N3O3S.C5H5NOS.CH4.2BrH/c24-17-4-1-3-16(11-17)13-22(28)25-19(12-15-6-8-18(9-7-15)27(29)30)20-14-31-23(26-20)21-5-2-10-32-21;1-15(2,3)23-14(20)17-12(13(19)9-16)8-10-4-6-11(7-5-10)18(21)22;2*16-12(8-10-3-5-11(6-4-10)18(19)20)13-9-21-15(17-13)14-2-1-7-22-14;6-5(7)4-2-1-3-8-4;;;/h1-11,14,19H,12-13H2,(H,25,28);4-7,12H,8-9H2,1-3H3,(H,17,20);2*1-7,9,12H,8,16H2;1-3H,(H2,6,7);1H4;2*1H/t19-;3*12-;;;;/m0000..../s1. The zero-order valence-corrected chi connectivity index (χ0v) is 66.9. The highest BCUT2D eigenvalue weighted by molar-refractivity contribution is 9.09. The fraction of sp³-hybridized carbons (Fsp3) is 0.203. The van der Waals surface area contributed by atoms with Crippen molar-refractivity contribution in [2.75, 3.05) is 5.33 Å². The summed E-state index contributed by atoms with van der Waals surface area (Å²) in [5, 5.41) is 56.7. The first-order valence-corrected chi connectivity index (χ1v) is 37.1. The van der Waals surface area contributed by atoms with Gasteiger partial charge < -0.3 is 45.8 Å². The van der Waals surface area contributed by atoms with Crippen molar-refractivity contribution in [2.45, 2.75) is 90.1 Å². The number of hydrogen-bond acceptors (Lipinski definition) is 25. The summed E-state index contributed by atoms with van der Waals surface area (Å²) >= 11 is 15.1. The molecule has 8 N–H and O–H groups in total. The third-order valence-corrected chi connectivity index (χ3v) is 19.1. The Balaban J connectivity index is 0.000000254. The van der Waals surface area contributed by atoms with Gasteiger partial charge in [-0.3, -0.25) is 54.8 Å². The number of halogens is 4. The molecular weight excluding hydrogens is 1720 g/mol. The van der Waals surface area contributed by atoms with Gasteiger partial charge in [0.15, 0.2) is 5.78 Å². The molecule has 36 heteroatoms. The summed E-state index contributed by atoms with van der Waals surface area (Å²) in [6.07, 6.45) is 5.83. The summed E-state index contributed by atoms with van der Waals surface area (Å²) in [5.74, 6) is 0.843. The zero-order valence-electron chi connectivity index (χ0n) is 57.9. The Kier molecular flexibility index (Phi) is 36.4. The number of nitro benzene ring substituents is 4. The van der Waals surface area contributed by atoms with Crippen molar-refractivity contribution in [2.24, 2.45) is 17.2 Å². The van der Waals surface area contributed by atoms with Crippen molar-refractivity contribution >= 4 is 153 Å². The van der Waals surface area contributed by atoms with Crippen LogP contribution in [0, 0.1) is 40.5 Å². The van der Waals surface area contributed by atoms with Crippen LogP contribution in [0.4, 0.5) is 27.5 Å². The highest BCUT2D eigenvalue weighted by Gasteiger charge is 2.26. The predicted octanol–water partition coefficient (Wildman–Crippen LogP) is 18.3. The number of amides is 3. The minimum Gasteiger partial charge on any atom is -0.444 e. The smallest absolute Gasteiger partial charge is 0.408 e. The minimum atomic E-state index is -0.773. The summed E-state index contributed by atoms with van der Waals surface area (Å²) < 4.78 is 21.7. The van der Waals surface area contributed by atoms with Gasteiger partial charge in [-0.2, -0.15) is 0 Å². The molecule has 578 valence electrons. The molecule has 0 aliphatic heterocycles. The fourth-order valence-corrected chi connectivity index (χ4v) is 12.8. The SMILES string of the molecule is Br.Br.C.CC(C)(C)OC(=O)N[C@@H](Cc1ccc([N+](=O)[O-])cc1)C(=O)CBr.NC(=O)c1cccs1.N[C@@H](Cc1ccc([N+](=O)[O-])cc1)c1coc(-c2cccs2)n1.N[C@@H](Cc1ccc([N+](=O)[O-])cc1)c1coc(-c2cccs2)n1.O=C(Cc1cccc(Cl)c1)N[C@@H](Cc1ccc([N+](=O)[O-])cc1)c1coc(-c2cccs2)n1. The molecule has 110 heavy (non-hydrogen) atoms. The first kappa shape index (κ1) is 90.3. The van der Waals surface area contributed by atoms with Crippen molar-refractivity contribution in [3.63, 3.8) is 0 Å². The summed E-state index contributed by atoms with van der Waals surface area (Å²) in [7, 11) is 0. The van der Waals surface area contributed by atoms with Gasteiger partial charge in [0.2, 0.25) is 23.6 Å². The number of nitrogens with zero attached hydrogens (tertiary/aromatic N) is 7. The number of ketones is 1. The van der Waals surface area contributed by atoms with Gasteiger partial charge >= 0.3 is 6.09 Å². The van der Waals surface area contributed by atoms with Crippen LogP contribution in [0.15, 0.2) is 223 Å². The first-order chi connectivity index (χ1) is 51.2. The summed E-state index contributed by atoms with van der Waals surface area (Å²) in [6, 6.07) is 45.1. The van der Waals surface area contributed by atoms with E-state index in [0.717, 1.165) is 36.9 Å². The number of non-ortho nitro benzene ring substituents is 4. The topological polar surface area (TPSA) is 430 Å². The lowest BCUT2D eigenvalue weighted by molar-refractivity contribution is -0.385. The van der Waals surface area contributed by atoms with Crippen molar-refractivity contribution in [1.29, 1.82) is 0 Å². The first-order valence-electron chi connectivity index (χ1n) is 32.0. The second kappa shape index (κ2) is 44.4. The number of carbonyl (C=O) groups excluding carboxylic acids is 4. The van der Waals surface area contributed by atoms with Crippen molar-refractivity contribution < 1.29 is 56.9 Å². The van der Waals surface area contributed by atoms with Crippen molar-refractivity contribution in [3.8, 4) is 32.3 Å². The number of carbonyl (C=O) groups is 4. The zero-order chi connectivity index (χ0) is 77.2. The molecule has 0 spiro atoms. The van der Waals surface area contributed by atoms with Crippen LogP contribution >= 0.6 is 107 Å². The molecule has 0 fully saturated rings. The lowest BCUT2D eigenvalue weighted by Crippen LogP contribution is -2.45. The summed E-state index contributed by atoms with van der Waals surface area (Å²) in [6.45, 7) is 5.18. The number of thiophene rings is 4. The van der Waals surface area contributed by atoms with Gasteiger partial charge in [0.05, 0.1) is 86.5 Å². The Hall–Kier alpha value is -10.3. The number of alkyl carbamates (subject to hydrolysis) is 1.